The summed E-state index contributed by atoms with van der Waals surface area (Å²) >= 11 is 0. The number of benzene rings is 2. The Labute approximate surface area is 292 Å². The van der Waals surface area contributed by atoms with Crippen molar-refractivity contribution in [3.05, 3.63) is 91.6 Å². The summed E-state index contributed by atoms with van der Waals surface area (Å²) in [6.45, 7) is 14.9. The van der Waals surface area contributed by atoms with E-state index in [1.807, 2.05) is 46.8 Å². The Morgan fingerprint density at radius 1 is 0.960 bits per heavy atom. The Balaban J connectivity index is 1.79. The number of alkyl halides is 3. The predicted molar refractivity (Wildman–Crippen MR) is 186 cm³/mol. The van der Waals surface area contributed by atoms with Gasteiger partial charge in [-0.1, -0.05) is 31.5 Å². The lowest BCUT2D eigenvalue weighted by Gasteiger charge is -2.27. The predicted octanol–water partition coefficient (Wildman–Crippen LogP) is 7.94. The molecule has 3 aromatic rings. The van der Waals surface area contributed by atoms with Gasteiger partial charge >= 0.3 is 12.1 Å². The zero-order valence-electron chi connectivity index (χ0n) is 30.1. The van der Waals surface area contributed by atoms with Crippen molar-refractivity contribution in [1.29, 1.82) is 0 Å². The molecule has 2 heterocycles. The average molecular weight is 700 g/mol. The summed E-state index contributed by atoms with van der Waals surface area (Å²) in [6, 6.07) is 5.53. The lowest BCUT2D eigenvalue weighted by molar-refractivity contribution is -0.144. The largest absolute Gasteiger partial charge is 0.466 e. The number of aryl methyl sites for hydroxylation is 4. The number of hydrogen-bond acceptors (Lipinski definition) is 5. The Hall–Kier alpha value is -3.99. The SMILES string of the molecule is CCOC(=O)C[C@H](NC(=O)C(CC(C)C)n1cc(CCN2CCCC2)c(C(F)(F)F)cc1=O)c1cc(-c2c(C)cc(C)cc2C)cc(C)c1F. The third-order valence-electron chi connectivity index (χ3n) is 9.31. The molecule has 0 spiro atoms. The average Bonchev–Trinajstić information content (AvgIpc) is 3.53. The van der Waals surface area contributed by atoms with Crippen LogP contribution in [0.3, 0.4) is 0 Å². The number of ether oxygens (including phenoxy) is 1. The van der Waals surface area contributed by atoms with Crippen molar-refractivity contribution in [3.8, 4) is 11.1 Å². The maximum atomic E-state index is 16.1. The van der Waals surface area contributed by atoms with E-state index in [0.717, 1.165) is 58.9 Å². The van der Waals surface area contributed by atoms with Gasteiger partial charge in [0.25, 0.3) is 5.56 Å². The maximum absolute atomic E-state index is 16.1. The second kappa shape index (κ2) is 16.4. The molecule has 1 saturated heterocycles. The molecule has 0 bridgehead atoms. The van der Waals surface area contributed by atoms with Crippen LogP contribution in [0.15, 0.2) is 41.3 Å². The van der Waals surface area contributed by atoms with Crippen molar-refractivity contribution in [2.75, 3.05) is 26.2 Å². The van der Waals surface area contributed by atoms with E-state index >= 15 is 4.39 Å². The topological polar surface area (TPSA) is 80.6 Å². The van der Waals surface area contributed by atoms with E-state index in [9.17, 15) is 27.6 Å². The van der Waals surface area contributed by atoms with Crippen molar-refractivity contribution in [3.63, 3.8) is 0 Å². The van der Waals surface area contributed by atoms with E-state index in [1.165, 1.54) is 0 Å². The number of hydrogen-bond donors (Lipinski definition) is 1. The minimum absolute atomic E-state index is 0.0474. The van der Waals surface area contributed by atoms with Gasteiger partial charge in [0.05, 0.1) is 24.6 Å². The Kier molecular flexibility index (Phi) is 12.7. The maximum Gasteiger partial charge on any atom is 0.416 e. The van der Waals surface area contributed by atoms with Crippen molar-refractivity contribution in [1.82, 2.24) is 14.8 Å². The summed E-state index contributed by atoms with van der Waals surface area (Å²) in [5.74, 6) is -2.14. The zero-order valence-corrected chi connectivity index (χ0v) is 30.1. The highest BCUT2D eigenvalue weighted by molar-refractivity contribution is 5.82. The quantitative estimate of drug-likeness (QED) is 0.145. The van der Waals surface area contributed by atoms with Gasteiger partial charge < -0.3 is 19.5 Å². The van der Waals surface area contributed by atoms with Crippen LogP contribution in [0, 0.1) is 39.4 Å². The van der Waals surface area contributed by atoms with Gasteiger partial charge in [0.2, 0.25) is 5.91 Å². The molecule has 2 atom stereocenters. The van der Waals surface area contributed by atoms with Crippen molar-refractivity contribution in [2.24, 2.45) is 5.92 Å². The lowest BCUT2D eigenvalue weighted by Crippen LogP contribution is -2.41. The summed E-state index contributed by atoms with van der Waals surface area (Å²) in [7, 11) is 0. The van der Waals surface area contributed by atoms with Crippen LogP contribution < -0.4 is 10.9 Å². The molecule has 50 heavy (non-hydrogen) atoms. The Bertz CT molecular complexity index is 1740. The van der Waals surface area contributed by atoms with Gasteiger partial charge in [0, 0.05) is 24.4 Å². The molecule has 1 N–H and O–H groups in total. The monoisotopic (exact) mass is 699 g/mol. The molecule has 1 aliphatic heterocycles. The third kappa shape index (κ3) is 9.41. The van der Waals surface area contributed by atoms with E-state index < -0.39 is 53.5 Å². The summed E-state index contributed by atoms with van der Waals surface area (Å²) in [5.41, 5.74) is 2.94. The number of pyridine rings is 1. The molecule has 2 aromatic carbocycles. The fraction of sp³-hybridized carbons (Fsp3) is 0.513. The number of rotatable bonds is 13. The number of carbonyl (C=O) groups is 2. The molecule has 272 valence electrons. The number of carbonyl (C=O) groups excluding carboxylic acids is 2. The molecule has 1 amide bonds. The first-order chi connectivity index (χ1) is 23.5. The van der Waals surface area contributed by atoms with Gasteiger partial charge in [-0.05, 0) is 125 Å². The highest BCUT2D eigenvalue weighted by Crippen LogP contribution is 2.35. The fourth-order valence-corrected chi connectivity index (χ4v) is 7.10. The molecule has 11 heteroatoms. The second-order valence-electron chi connectivity index (χ2n) is 13.9. The van der Waals surface area contributed by atoms with Crippen molar-refractivity contribution < 1.29 is 31.9 Å². The number of nitrogens with one attached hydrogen (secondary N) is 1. The van der Waals surface area contributed by atoms with E-state index in [-0.39, 0.29) is 36.5 Å². The fourth-order valence-electron chi connectivity index (χ4n) is 7.10. The first-order valence-corrected chi connectivity index (χ1v) is 17.4. The smallest absolute Gasteiger partial charge is 0.416 e. The zero-order chi connectivity index (χ0) is 36.9. The van der Waals surface area contributed by atoms with Crippen molar-refractivity contribution >= 4 is 11.9 Å². The minimum atomic E-state index is -4.76. The molecule has 4 rings (SSSR count). The van der Waals surface area contributed by atoms with Gasteiger partial charge in [0.15, 0.2) is 0 Å². The first kappa shape index (κ1) is 38.8. The van der Waals surface area contributed by atoms with Gasteiger partial charge in [-0.25, -0.2) is 4.39 Å². The van der Waals surface area contributed by atoms with E-state index in [0.29, 0.717) is 23.7 Å². The van der Waals surface area contributed by atoms with Crippen LogP contribution in [-0.4, -0.2) is 47.6 Å². The number of esters is 1. The van der Waals surface area contributed by atoms with Crippen molar-refractivity contribution in [2.45, 2.75) is 98.8 Å². The molecular weight excluding hydrogens is 650 g/mol. The lowest BCUT2D eigenvalue weighted by atomic mass is 9.89. The van der Waals surface area contributed by atoms with Crippen LogP contribution in [-0.2, 0) is 26.9 Å². The summed E-state index contributed by atoms with van der Waals surface area (Å²) in [4.78, 5) is 42.6. The molecule has 1 aliphatic rings. The minimum Gasteiger partial charge on any atom is -0.466 e. The van der Waals surface area contributed by atoms with Gasteiger partial charge in [0.1, 0.15) is 11.9 Å². The Morgan fingerprint density at radius 2 is 1.60 bits per heavy atom. The highest BCUT2D eigenvalue weighted by atomic mass is 19.4. The molecule has 0 radical (unpaired) electrons. The van der Waals surface area contributed by atoms with Gasteiger partial charge in [-0.3, -0.25) is 14.4 Å². The Morgan fingerprint density at radius 3 is 2.18 bits per heavy atom. The van der Waals surface area contributed by atoms with Crippen LogP contribution in [0.2, 0.25) is 0 Å². The number of amides is 1. The van der Waals surface area contributed by atoms with Gasteiger partial charge in [-0.15, -0.1) is 0 Å². The molecule has 0 aliphatic carbocycles. The van der Waals surface area contributed by atoms with E-state index in [4.69, 9.17) is 4.74 Å². The van der Waals surface area contributed by atoms with Crippen LogP contribution >= 0.6 is 0 Å². The van der Waals surface area contributed by atoms with E-state index in [2.05, 4.69) is 10.2 Å². The van der Waals surface area contributed by atoms with Crippen LogP contribution in [0.25, 0.3) is 11.1 Å². The van der Waals surface area contributed by atoms with Gasteiger partial charge in [-0.2, -0.15) is 13.2 Å². The number of likely N-dealkylation sites (tertiary alicyclic amines) is 1. The summed E-state index contributed by atoms with van der Waals surface area (Å²) < 4.78 is 64.7. The molecule has 1 fully saturated rings. The summed E-state index contributed by atoms with van der Waals surface area (Å²) in [6.07, 6.45) is -1.90. The number of halogens is 4. The molecule has 1 unspecified atom stereocenters. The van der Waals surface area contributed by atoms with Crippen LogP contribution in [0.5, 0.6) is 0 Å². The number of aromatic nitrogens is 1. The third-order valence-corrected chi connectivity index (χ3v) is 9.31. The molecule has 7 nitrogen and oxygen atoms in total. The van der Waals surface area contributed by atoms with Crippen LogP contribution in [0.4, 0.5) is 17.6 Å². The van der Waals surface area contributed by atoms with E-state index in [1.54, 1.807) is 26.0 Å². The van der Waals surface area contributed by atoms with Crippen LogP contribution in [0.1, 0.15) is 97.5 Å². The molecule has 0 saturated carbocycles. The number of nitrogens with zero attached hydrogens (tertiary/aromatic N) is 2. The standard InChI is InChI=1S/C39H49F4N3O4/c1-8-50-35(48)21-32(30-19-29(18-27(7)37(30)40)36-25(5)16-24(4)17-26(36)6)44-38(49)33(15-23(2)3)46-22-28(11-14-45-12-9-10-13-45)31(20-34(46)47)39(41,42)43/h16-20,22-23,32-33H,8-15,21H2,1-7H3,(H,44,49)/t32-,33?/m0/s1. The molecular formula is C39H49F4N3O4. The first-order valence-electron chi connectivity index (χ1n) is 17.4. The molecule has 1 aromatic heterocycles. The second-order valence-corrected chi connectivity index (χ2v) is 13.9. The highest BCUT2D eigenvalue weighted by Gasteiger charge is 2.36. The normalized spacial score (nSPS) is 15.0. The summed E-state index contributed by atoms with van der Waals surface area (Å²) in [5, 5.41) is 2.81.